The quantitative estimate of drug-likeness (QED) is 0.0292. The lowest BCUT2D eigenvalue weighted by atomic mass is 9.92. The van der Waals surface area contributed by atoms with Gasteiger partial charge in [0.2, 0.25) is 17.7 Å². The molecule has 5 rings (SSSR count). The number of hydrogen-bond acceptors (Lipinski definition) is 23. The van der Waals surface area contributed by atoms with Crippen molar-refractivity contribution < 1.29 is 115 Å². The third kappa shape index (κ3) is 18.1. The highest BCUT2D eigenvalue weighted by Crippen LogP contribution is 2.35. The summed E-state index contributed by atoms with van der Waals surface area (Å²) in [6.45, 7) is 3.51. The Bertz CT molecular complexity index is 2170. The summed E-state index contributed by atoms with van der Waals surface area (Å²) in [4.78, 5) is 51.3. The van der Waals surface area contributed by atoms with Crippen molar-refractivity contribution in [2.24, 2.45) is 0 Å². The Morgan fingerprint density at radius 1 is 0.564 bits per heavy atom. The van der Waals surface area contributed by atoms with Gasteiger partial charge in [0.15, 0.2) is 18.9 Å². The minimum Gasteiger partial charge on any atom is -0.494 e. The van der Waals surface area contributed by atoms with Gasteiger partial charge in [-0.15, -0.1) is 0 Å². The van der Waals surface area contributed by atoms with Crippen LogP contribution in [0.3, 0.4) is 0 Å². The Hall–Kier alpha value is -3.83. The van der Waals surface area contributed by atoms with E-state index in [1.807, 2.05) is 0 Å². The SMILES string of the molecule is CCCCCCCCCCCOc1cccc(C(=O)NC2[C@H](O[C@H]3C(O)C(NC(C)=O)[C@H](O[C@@H]4C(CO)O[C@@H](O[C@H]5C(O)C(NC(C)=O)C(C)O[C@H]5COS(=O)(=O)O)C(NC(C)=O)[C@H]4O)O[C@H]3CO)OC(CO)[C@@H](O)[C@@H]2O)c1. The van der Waals surface area contributed by atoms with E-state index in [1.165, 1.54) is 51.2 Å². The Balaban J connectivity index is 1.34. The van der Waals surface area contributed by atoms with Crippen molar-refractivity contribution in [2.75, 3.05) is 33.0 Å². The first-order chi connectivity index (χ1) is 37.0. The Morgan fingerprint density at radius 3 is 1.47 bits per heavy atom. The molecule has 4 heterocycles. The van der Waals surface area contributed by atoms with Gasteiger partial charge in [0, 0.05) is 26.3 Å². The zero-order valence-electron chi connectivity index (χ0n) is 44.3. The maximum absolute atomic E-state index is 13.8. The van der Waals surface area contributed by atoms with Crippen molar-refractivity contribution >= 4 is 34.0 Å². The maximum Gasteiger partial charge on any atom is 0.397 e. The fraction of sp³-hybridized carbons (Fsp3) is 0.796. The summed E-state index contributed by atoms with van der Waals surface area (Å²) in [7, 11) is -5.08. The van der Waals surface area contributed by atoms with Crippen molar-refractivity contribution in [3.63, 3.8) is 0 Å². The van der Waals surface area contributed by atoms with Crippen molar-refractivity contribution in [3.8, 4) is 5.75 Å². The Kier molecular flexibility index (Phi) is 25.7. The smallest absolute Gasteiger partial charge is 0.397 e. The van der Waals surface area contributed by atoms with Crippen molar-refractivity contribution in [2.45, 2.75) is 215 Å². The standard InChI is InChI=1S/C49H80N4O24S/c1-6-7-8-9-10-11-12-13-14-18-69-29-17-15-16-28(19-29)46(65)53-35-39(61)38(60)30(20-54)72-47(35)75-43-31(21-55)73-48(36(41(43)63)51-26(4)58)76-44-32(22-56)74-49(37(42(44)64)52-27(5)59)77-45-33(23-70-78(66,67)68)71-24(2)34(40(45)62)50-25(3)57/h15-17,19,24,30-45,47-49,54-56,60-64H,6-14,18,20-23H2,1-5H3,(H,50,57)(H,51,58)(H,52,59)(H,53,65)(H,66,67,68)/t24?,30?,31-,32?,33-,34?,35?,36?,37?,38+,39+,40?,41?,42+,43+,44+,45+,47-,48-,49-/m0/s1. The van der Waals surface area contributed by atoms with Crippen LogP contribution in [-0.4, -0.2) is 233 Å². The van der Waals surface area contributed by atoms with E-state index in [0.717, 1.165) is 46.5 Å². The van der Waals surface area contributed by atoms with E-state index in [1.54, 1.807) is 12.1 Å². The van der Waals surface area contributed by atoms with Crippen LogP contribution < -0.4 is 26.0 Å². The molecule has 78 heavy (non-hydrogen) atoms. The summed E-state index contributed by atoms with van der Waals surface area (Å²) in [6.07, 6.45) is -17.4. The number of rotatable bonds is 28. The highest BCUT2D eigenvalue weighted by Gasteiger charge is 2.56. The minimum absolute atomic E-state index is 0.0817. The largest absolute Gasteiger partial charge is 0.494 e. The third-order valence-corrected chi connectivity index (χ3v) is 14.3. The van der Waals surface area contributed by atoms with Gasteiger partial charge in [-0.1, -0.05) is 64.4 Å². The molecule has 0 spiro atoms. The number of amides is 4. The van der Waals surface area contributed by atoms with Crippen molar-refractivity contribution in [1.82, 2.24) is 21.3 Å². The molecule has 0 radical (unpaired) electrons. The molecule has 29 heteroatoms. The molecule has 20 atom stereocenters. The van der Waals surface area contributed by atoms with Crippen LogP contribution in [0, 0.1) is 0 Å². The van der Waals surface area contributed by atoms with E-state index in [2.05, 4.69) is 32.4 Å². The molecular weight excluding hydrogens is 1060 g/mol. The normalized spacial score (nSPS) is 35.3. The van der Waals surface area contributed by atoms with Crippen LogP contribution in [0.25, 0.3) is 0 Å². The van der Waals surface area contributed by atoms with Crippen LogP contribution in [-0.2, 0) is 62.1 Å². The summed E-state index contributed by atoms with van der Waals surface area (Å²) < 4.78 is 85.0. The fourth-order valence-electron chi connectivity index (χ4n) is 9.89. The Labute approximate surface area is 452 Å². The molecule has 4 fully saturated rings. The van der Waals surface area contributed by atoms with Gasteiger partial charge >= 0.3 is 10.4 Å². The molecule has 0 bridgehead atoms. The number of aliphatic hydroxyl groups excluding tert-OH is 8. The lowest BCUT2D eigenvalue weighted by Crippen LogP contribution is -2.71. The summed E-state index contributed by atoms with van der Waals surface area (Å²) in [6, 6.07) is -0.0193. The van der Waals surface area contributed by atoms with Gasteiger partial charge in [-0.2, -0.15) is 8.42 Å². The molecule has 1 aromatic carbocycles. The van der Waals surface area contributed by atoms with Gasteiger partial charge in [0.25, 0.3) is 5.91 Å². The lowest BCUT2D eigenvalue weighted by molar-refractivity contribution is -0.359. The molecule has 13 N–H and O–H groups in total. The summed E-state index contributed by atoms with van der Waals surface area (Å²) >= 11 is 0. The molecule has 0 saturated carbocycles. The van der Waals surface area contributed by atoms with E-state index in [-0.39, 0.29) is 5.56 Å². The van der Waals surface area contributed by atoms with E-state index in [9.17, 15) is 73.0 Å². The van der Waals surface area contributed by atoms with Crippen LogP contribution in [0.4, 0.5) is 0 Å². The van der Waals surface area contributed by atoms with Gasteiger partial charge in [-0.05, 0) is 31.5 Å². The molecule has 4 aliphatic heterocycles. The van der Waals surface area contributed by atoms with Gasteiger partial charge in [-0.25, -0.2) is 4.18 Å². The minimum atomic E-state index is -5.08. The number of benzene rings is 1. The number of carbonyl (C=O) groups excluding carboxylic acids is 4. The fourth-order valence-corrected chi connectivity index (χ4v) is 10.2. The van der Waals surface area contributed by atoms with E-state index in [0.29, 0.717) is 12.4 Å². The number of hydrogen-bond donors (Lipinski definition) is 13. The second-order valence-electron chi connectivity index (χ2n) is 19.9. The van der Waals surface area contributed by atoms with Crippen molar-refractivity contribution in [1.29, 1.82) is 0 Å². The number of ether oxygens (including phenoxy) is 8. The number of carbonyl (C=O) groups is 4. The highest BCUT2D eigenvalue weighted by molar-refractivity contribution is 7.80. The van der Waals surface area contributed by atoms with Crippen LogP contribution in [0.5, 0.6) is 5.75 Å². The first-order valence-corrected chi connectivity index (χ1v) is 27.7. The Morgan fingerprint density at radius 2 is 1.00 bits per heavy atom. The second-order valence-corrected chi connectivity index (χ2v) is 21.0. The van der Waals surface area contributed by atoms with E-state index < -0.39 is 183 Å². The zero-order valence-corrected chi connectivity index (χ0v) is 45.1. The van der Waals surface area contributed by atoms with Gasteiger partial charge < -0.3 is 100 Å². The monoisotopic (exact) mass is 1140 g/mol. The molecule has 9 unspecified atom stereocenters. The maximum atomic E-state index is 13.8. The average molecular weight is 1140 g/mol. The van der Waals surface area contributed by atoms with Crippen LogP contribution >= 0.6 is 0 Å². The van der Waals surface area contributed by atoms with Crippen LogP contribution in [0.2, 0.25) is 0 Å². The molecule has 4 saturated heterocycles. The highest BCUT2D eigenvalue weighted by atomic mass is 32.3. The molecule has 4 amide bonds. The van der Waals surface area contributed by atoms with E-state index in [4.69, 9.17) is 37.9 Å². The first kappa shape index (κ1) is 65.0. The van der Waals surface area contributed by atoms with Crippen molar-refractivity contribution in [3.05, 3.63) is 29.8 Å². The van der Waals surface area contributed by atoms with Gasteiger partial charge in [-0.3, -0.25) is 23.7 Å². The molecule has 446 valence electrons. The van der Waals surface area contributed by atoms with Gasteiger partial charge in [0.1, 0.15) is 97.1 Å². The predicted molar refractivity (Wildman–Crippen MR) is 267 cm³/mol. The molecule has 0 aliphatic carbocycles. The second kappa shape index (κ2) is 30.8. The molecule has 28 nitrogen and oxygen atoms in total. The topological polar surface area (TPSA) is 416 Å². The van der Waals surface area contributed by atoms with Crippen LogP contribution in [0.15, 0.2) is 24.3 Å². The summed E-state index contributed by atoms with van der Waals surface area (Å²) in [5, 5.41) is 99.3. The lowest BCUT2D eigenvalue weighted by Gasteiger charge is -2.51. The first-order valence-electron chi connectivity index (χ1n) is 26.3. The molecule has 0 aromatic heterocycles. The number of nitrogens with one attached hydrogen (secondary N) is 4. The average Bonchev–Trinajstić information content (AvgIpc) is 3.47. The third-order valence-electron chi connectivity index (χ3n) is 13.8. The summed E-state index contributed by atoms with van der Waals surface area (Å²) in [5.41, 5.74) is 0.0817. The molecular formula is C49H80N4O24S. The zero-order chi connectivity index (χ0) is 57.4. The molecule has 1 aromatic rings. The summed E-state index contributed by atoms with van der Waals surface area (Å²) in [5.74, 6) is -2.58. The molecule has 4 aliphatic rings. The number of unbranched alkanes of at least 4 members (excludes halogenated alkanes) is 8. The van der Waals surface area contributed by atoms with Gasteiger partial charge in [0.05, 0.1) is 45.2 Å². The van der Waals surface area contributed by atoms with Crippen LogP contribution in [0.1, 0.15) is 103 Å². The van der Waals surface area contributed by atoms with E-state index >= 15 is 0 Å². The predicted octanol–water partition coefficient (Wildman–Crippen LogP) is -3.07. The number of aliphatic hydroxyl groups is 8.